The molecule has 0 bridgehead atoms. The summed E-state index contributed by atoms with van der Waals surface area (Å²) in [5, 5.41) is 1.47. The summed E-state index contributed by atoms with van der Waals surface area (Å²) in [4.78, 5) is 0. The van der Waals surface area contributed by atoms with Crippen LogP contribution in [0.15, 0.2) is 58.6 Å². The zero-order chi connectivity index (χ0) is 15.9. The Bertz CT molecular complexity index is 800. The summed E-state index contributed by atoms with van der Waals surface area (Å²) in [6.45, 7) is 4.12. The molecule has 0 spiro atoms. The smallest absolute Gasteiger partial charge is 0.190 e. The average Bonchev–Trinajstić information content (AvgIpc) is 2.72. The van der Waals surface area contributed by atoms with Gasteiger partial charge < -0.3 is 0 Å². The summed E-state index contributed by atoms with van der Waals surface area (Å²) in [7, 11) is 0. The van der Waals surface area contributed by atoms with Crippen molar-refractivity contribution in [3.05, 3.63) is 64.4 Å². The number of benzene rings is 2. The van der Waals surface area contributed by atoms with Crippen molar-refractivity contribution in [3.63, 3.8) is 0 Å². The Kier molecular flexibility index (Phi) is 4.21. The van der Waals surface area contributed by atoms with Crippen LogP contribution in [0.4, 0.5) is 0 Å². The van der Waals surface area contributed by atoms with E-state index in [0.29, 0.717) is 4.77 Å². The number of hydrogen-bond donors (Lipinski definition) is 2. The predicted octanol–water partition coefficient (Wildman–Crippen LogP) is 5.19. The third-order valence-electron chi connectivity index (χ3n) is 3.59. The van der Waals surface area contributed by atoms with Crippen LogP contribution in [0, 0.1) is 18.6 Å². The van der Waals surface area contributed by atoms with Gasteiger partial charge >= 0.3 is 0 Å². The highest BCUT2D eigenvalue weighted by atomic mass is 32.1. The number of hydrogen-bond acceptors (Lipinski definition) is 3. The number of imidazole rings is 1. The molecule has 1 aromatic heterocycles. The average molecular weight is 345 g/mol. The fourth-order valence-electron chi connectivity index (χ4n) is 2.33. The summed E-state index contributed by atoms with van der Waals surface area (Å²) in [6.07, 6.45) is 0. The van der Waals surface area contributed by atoms with Gasteiger partial charge in [0.1, 0.15) is 10.1 Å². The molecule has 3 aromatic rings. The van der Waals surface area contributed by atoms with Crippen LogP contribution in [-0.4, -0.2) is 9.13 Å². The SMILES string of the molecule is Cc1ccc(-n2c(S)c(S)n(-c3ccc(C)cc3)c2=S)cc1. The highest BCUT2D eigenvalue weighted by molar-refractivity contribution is 7.83. The standard InChI is InChI=1S/C17H16N2S3/c1-11-3-7-13(8-4-11)18-15(20)16(21)19(17(18)22)14-9-5-12(2)6-10-14/h3-10,20-21H,1-2H3. The fourth-order valence-corrected chi connectivity index (χ4v) is 3.48. The van der Waals surface area contributed by atoms with Gasteiger partial charge in [0.25, 0.3) is 0 Å². The molecular formula is C17H16N2S3. The third kappa shape index (κ3) is 2.64. The maximum absolute atomic E-state index is 5.66. The molecule has 0 aliphatic heterocycles. The molecule has 0 radical (unpaired) electrons. The van der Waals surface area contributed by atoms with Gasteiger partial charge in [-0.15, -0.1) is 25.3 Å². The second-order valence-corrected chi connectivity index (χ2v) is 6.48. The van der Waals surface area contributed by atoms with E-state index >= 15 is 0 Å². The zero-order valence-electron chi connectivity index (χ0n) is 12.3. The second-order valence-electron chi connectivity index (χ2n) is 5.27. The Hall–Kier alpha value is -1.43. The van der Waals surface area contributed by atoms with Gasteiger partial charge in [-0.25, -0.2) is 0 Å². The van der Waals surface area contributed by atoms with Gasteiger partial charge in [-0.3, -0.25) is 9.13 Å². The minimum absolute atomic E-state index is 0.655. The minimum Gasteiger partial charge on any atom is -0.279 e. The summed E-state index contributed by atoms with van der Waals surface area (Å²) in [5.74, 6) is 0. The number of aryl methyl sites for hydroxylation is 2. The molecule has 0 saturated heterocycles. The Balaban J connectivity index is 2.23. The molecule has 0 N–H and O–H groups in total. The van der Waals surface area contributed by atoms with Crippen molar-refractivity contribution in [2.45, 2.75) is 23.9 Å². The Morgan fingerprint density at radius 1 is 0.682 bits per heavy atom. The quantitative estimate of drug-likeness (QED) is 0.481. The van der Waals surface area contributed by atoms with Gasteiger partial charge in [0.15, 0.2) is 4.77 Å². The van der Waals surface area contributed by atoms with E-state index in [1.54, 1.807) is 0 Å². The van der Waals surface area contributed by atoms with E-state index in [2.05, 4.69) is 63.4 Å². The van der Waals surface area contributed by atoms with Crippen LogP contribution >= 0.6 is 37.5 Å². The molecule has 0 saturated carbocycles. The summed E-state index contributed by atoms with van der Waals surface area (Å²) in [5.41, 5.74) is 4.39. The predicted molar refractivity (Wildman–Crippen MR) is 99.9 cm³/mol. The van der Waals surface area contributed by atoms with Crippen molar-refractivity contribution < 1.29 is 0 Å². The Morgan fingerprint density at radius 2 is 1.00 bits per heavy atom. The van der Waals surface area contributed by atoms with E-state index in [0.717, 1.165) is 21.4 Å². The lowest BCUT2D eigenvalue weighted by Crippen LogP contribution is -1.98. The van der Waals surface area contributed by atoms with Crippen LogP contribution in [0.3, 0.4) is 0 Å². The van der Waals surface area contributed by atoms with Crippen LogP contribution in [0.5, 0.6) is 0 Å². The van der Waals surface area contributed by atoms with Crippen molar-refractivity contribution in [2.75, 3.05) is 0 Å². The Morgan fingerprint density at radius 3 is 1.32 bits per heavy atom. The number of rotatable bonds is 2. The molecule has 0 fully saturated rings. The first-order valence-electron chi connectivity index (χ1n) is 6.89. The first kappa shape index (κ1) is 15.5. The molecule has 1 heterocycles. The Labute approximate surface area is 146 Å². The van der Waals surface area contributed by atoms with E-state index in [-0.39, 0.29) is 0 Å². The third-order valence-corrected chi connectivity index (χ3v) is 4.96. The largest absolute Gasteiger partial charge is 0.279 e. The molecule has 0 aliphatic carbocycles. The molecule has 2 nitrogen and oxygen atoms in total. The van der Waals surface area contributed by atoms with Crippen molar-refractivity contribution in [2.24, 2.45) is 0 Å². The molecule has 22 heavy (non-hydrogen) atoms. The van der Waals surface area contributed by atoms with Crippen LogP contribution in [0.1, 0.15) is 11.1 Å². The molecule has 5 heteroatoms. The summed E-state index contributed by atoms with van der Waals surface area (Å²) >= 11 is 14.9. The van der Waals surface area contributed by atoms with E-state index < -0.39 is 0 Å². The molecule has 0 amide bonds. The van der Waals surface area contributed by atoms with Gasteiger partial charge in [0.05, 0.1) is 0 Å². The molecular weight excluding hydrogens is 328 g/mol. The topological polar surface area (TPSA) is 9.86 Å². The highest BCUT2D eigenvalue weighted by Crippen LogP contribution is 2.28. The van der Waals surface area contributed by atoms with Gasteiger partial charge in [-0.1, -0.05) is 35.4 Å². The van der Waals surface area contributed by atoms with E-state index in [1.165, 1.54) is 11.1 Å². The first-order chi connectivity index (χ1) is 10.5. The van der Waals surface area contributed by atoms with Gasteiger partial charge in [0, 0.05) is 11.4 Å². The van der Waals surface area contributed by atoms with Crippen LogP contribution in [-0.2, 0) is 0 Å². The normalized spacial score (nSPS) is 10.9. The number of thiol groups is 2. The van der Waals surface area contributed by atoms with Crippen molar-refractivity contribution in [1.29, 1.82) is 0 Å². The molecule has 112 valence electrons. The van der Waals surface area contributed by atoms with Crippen molar-refractivity contribution in [3.8, 4) is 11.4 Å². The highest BCUT2D eigenvalue weighted by Gasteiger charge is 2.15. The molecule has 0 aliphatic rings. The molecule has 0 unspecified atom stereocenters. The van der Waals surface area contributed by atoms with Gasteiger partial charge in [0.2, 0.25) is 0 Å². The van der Waals surface area contributed by atoms with Crippen LogP contribution < -0.4 is 0 Å². The van der Waals surface area contributed by atoms with Crippen LogP contribution in [0.2, 0.25) is 0 Å². The van der Waals surface area contributed by atoms with Crippen molar-refractivity contribution >= 4 is 37.5 Å². The minimum atomic E-state index is 0.655. The monoisotopic (exact) mass is 344 g/mol. The van der Waals surface area contributed by atoms with E-state index in [1.807, 2.05) is 33.4 Å². The number of aromatic nitrogens is 2. The maximum atomic E-state index is 5.66. The van der Waals surface area contributed by atoms with Gasteiger partial charge in [-0.05, 0) is 50.3 Å². The first-order valence-corrected chi connectivity index (χ1v) is 8.19. The zero-order valence-corrected chi connectivity index (χ0v) is 14.9. The van der Waals surface area contributed by atoms with Gasteiger partial charge in [-0.2, -0.15) is 0 Å². The van der Waals surface area contributed by atoms with Crippen LogP contribution in [0.25, 0.3) is 11.4 Å². The summed E-state index contributed by atoms with van der Waals surface area (Å²) in [6, 6.07) is 16.4. The van der Waals surface area contributed by atoms with E-state index in [9.17, 15) is 0 Å². The molecule has 0 atom stereocenters. The lowest BCUT2D eigenvalue weighted by Gasteiger charge is -2.06. The lowest BCUT2D eigenvalue weighted by molar-refractivity contribution is 0.912. The summed E-state index contributed by atoms with van der Waals surface area (Å²) < 4.78 is 4.52. The second kappa shape index (κ2) is 5.99. The molecule has 2 aromatic carbocycles. The van der Waals surface area contributed by atoms with Crippen molar-refractivity contribution in [1.82, 2.24) is 9.13 Å². The molecule has 3 rings (SSSR count). The maximum Gasteiger partial charge on any atom is 0.190 e. The van der Waals surface area contributed by atoms with E-state index in [4.69, 9.17) is 12.2 Å². The number of nitrogens with zero attached hydrogens (tertiary/aromatic N) is 2. The fraction of sp³-hybridized carbons (Fsp3) is 0.118. The lowest BCUT2D eigenvalue weighted by atomic mass is 10.2.